The lowest BCUT2D eigenvalue weighted by Gasteiger charge is -2.06. The summed E-state index contributed by atoms with van der Waals surface area (Å²) in [4.78, 5) is 11.8. The maximum absolute atomic E-state index is 12.8. The zero-order valence-corrected chi connectivity index (χ0v) is 10.3. The molecule has 0 aromatic heterocycles. The van der Waals surface area contributed by atoms with Gasteiger partial charge in [0, 0.05) is 9.13 Å². The van der Waals surface area contributed by atoms with Crippen molar-refractivity contribution in [1.29, 1.82) is 5.26 Å². The monoisotopic (exact) mass is 317 g/mol. The lowest BCUT2D eigenvalue weighted by Crippen LogP contribution is -2.13. The van der Waals surface area contributed by atoms with Crippen molar-refractivity contribution >= 4 is 28.4 Å². The Labute approximate surface area is 101 Å². The van der Waals surface area contributed by atoms with Crippen molar-refractivity contribution in [2.45, 2.75) is 13.3 Å². The molecule has 0 aliphatic rings. The number of ketones is 1. The summed E-state index contributed by atoms with van der Waals surface area (Å²) in [7, 11) is 0. The number of carbonyl (C=O) groups is 1. The van der Waals surface area contributed by atoms with Crippen LogP contribution in [-0.2, 0) is 0 Å². The molecule has 1 aromatic carbocycles. The molecule has 1 atom stereocenters. The number of benzene rings is 1. The van der Waals surface area contributed by atoms with Crippen LogP contribution in [0, 0.1) is 26.6 Å². The summed E-state index contributed by atoms with van der Waals surface area (Å²) >= 11 is 1.90. The molecular formula is C11H9FINO. The van der Waals surface area contributed by atoms with Crippen molar-refractivity contribution in [2.75, 3.05) is 0 Å². The molecule has 0 spiro atoms. The maximum Gasteiger partial charge on any atom is 0.181 e. The fourth-order valence-corrected chi connectivity index (χ4v) is 1.96. The Kier molecular flexibility index (Phi) is 4.21. The molecule has 0 N–H and O–H groups in total. The molecule has 0 heterocycles. The Morgan fingerprint density at radius 3 is 2.80 bits per heavy atom. The molecule has 1 rings (SSSR count). The summed E-state index contributed by atoms with van der Waals surface area (Å²) in [5.74, 6) is -1.24. The molecule has 4 heteroatoms. The SMILES string of the molecule is CCC(C#N)C(=O)c1ccc(F)cc1I. The Bertz CT molecular complexity index is 425. The summed E-state index contributed by atoms with van der Waals surface area (Å²) in [6.45, 7) is 1.78. The van der Waals surface area contributed by atoms with E-state index in [0.717, 1.165) is 0 Å². The molecule has 0 aliphatic heterocycles. The largest absolute Gasteiger partial charge is 0.293 e. The number of nitriles is 1. The van der Waals surface area contributed by atoms with E-state index in [1.54, 1.807) is 6.92 Å². The number of Topliss-reactive ketones (excluding diaryl/α,β-unsaturated/α-hetero) is 1. The van der Waals surface area contributed by atoms with E-state index in [9.17, 15) is 9.18 Å². The minimum atomic E-state index is -0.635. The predicted octanol–water partition coefficient (Wildman–Crippen LogP) is 3.16. The van der Waals surface area contributed by atoms with Crippen molar-refractivity contribution < 1.29 is 9.18 Å². The Morgan fingerprint density at radius 1 is 1.67 bits per heavy atom. The minimum absolute atomic E-state index is 0.232. The van der Waals surface area contributed by atoms with Gasteiger partial charge in [0.15, 0.2) is 5.78 Å². The molecule has 0 radical (unpaired) electrons. The van der Waals surface area contributed by atoms with Gasteiger partial charge in [0.05, 0.1) is 6.07 Å². The molecule has 0 amide bonds. The van der Waals surface area contributed by atoms with Crippen LogP contribution in [-0.4, -0.2) is 5.78 Å². The summed E-state index contributed by atoms with van der Waals surface area (Å²) in [5, 5.41) is 8.76. The van der Waals surface area contributed by atoms with Gasteiger partial charge in [-0.05, 0) is 47.2 Å². The molecule has 0 saturated heterocycles. The molecule has 1 aromatic rings. The Balaban J connectivity index is 3.07. The van der Waals surface area contributed by atoms with Gasteiger partial charge in [-0.2, -0.15) is 5.26 Å². The quantitative estimate of drug-likeness (QED) is 0.635. The van der Waals surface area contributed by atoms with Gasteiger partial charge >= 0.3 is 0 Å². The van der Waals surface area contributed by atoms with Gasteiger partial charge in [-0.15, -0.1) is 0 Å². The van der Waals surface area contributed by atoms with Crippen LogP contribution in [0.15, 0.2) is 18.2 Å². The summed E-state index contributed by atoms with van der Waals surface area (Å²) < 4.78 is 13.3. The highest BCUT2D eigenvalue weighted by atomic mass is 127. The fourth-order valence-electron chi connectivity index (χ4n) is 1.21. The van der Waals surface area contributed by atoms with E-state index in [0.29, 0.717) is 15.6 Å². The molecule has 2 nitrogen and oxygen atoms in total. The van der Waals surface area contributed by atoms with Crippen molar-refractivity contribution in [3.05, 3.63) is 33.1 Å². The number of hydrogen-bond donors (Lipinski definition) is 0. The van der Waals surface area contributed by atoms with Crippen LogP contribution in [0.4, 0.5) is 4.39 Å². The van der Waals surface area contributed by atoms with Gasteiger partial charge in [-0.25, -0.2) is 4.39 Å². The first-order valence-corrected chi connectivity index (χ1v) is 5.57. The lowest BCUT2D eigenvalue weighted by atomic mass is 9.97. The highest BCUT2D eigenvalue weighted by Gasteiger charge is 2.19. The smallest absolute Gasteiger partial charge is 0.181 e. The van der Waals surface area contributed by atoms with Crippen LogP contribution < -0.4 is 0 Å². The molecular weight excluding hydrogens is 308 g/mol. The van der Waals surface area contributed by atoms with Crippen LogP contribution in [0.1, 0.15) is 23.7 Å². The molecule has 0 fully saturated rings. The zero-order chi connectivity index (χ0) is 11.4. The number of carbonyl (C=O) groups excluding carboxylic acids is 1. The van der Waals surface area contributed by atoms with Crippen LogP contribution >= 0.6 is 22.6 Å². The van der Waals surface area contributed by atoms with Crippen LogP contribution in [0.2, 0.25) is 0 Å². The van der Waals surface area contributed by atoms with E-state index < -0.39 is 5.92 Å². The fraction of sp³-hybridized carbons (Fsp3) is 0.273. The van der Waals surface area contributed by atoms with Gasteiger partial charge in [-0.1, -0.05) is 6.92 Å². The van der Waals surface area contributed by atoms with Crippen molar-refractivity contribution in [3.63, 3.8) is 0 Å². The topological polar surface area (TPSA) is 40.9 Å². The number of halogens is 2. The summed E-state index contributed by atoms with van der Waals surface area (Å²) in [6, 6.07) is 5.90. The Hall–Kier alpha value is -0.960. The van der Waals surface area contributed by atoms with E-state index in [1.165, 1.54) is 18.2 Å². The summed E-state index contributed by atoms with van der Waals surface area (Å²) in [5.41, 5.74) is 0.422. The number of nitrogens with zero attached hydrogens (tertiary/aromatic N) is 1. The number of rotatable bonds is 3. The first-order valence-electron chi connectivity index (χ1n) is 4.49. The van der Waals surface area contributed by atoms with Gasteiger partial charge in [0.1, 0.15) is 11.7 Å². The van der Waals surface area contributed by atoms with Crippen molar-refractivity contribution in [2.24, 2.45) is 5.92 Å². The Morgan fingerprint density at radius 2 is 2.33 bits per heavy atom. The standard InChI is InChI=1S/C11H9FINO/c1-2-7(6-14)11(15)9-4-3-8(12)5-10(9)13/h3-5,7H,2H2,1H3. The highest BCUT2D eigenvalue weighted by molar-refractivity contribution is 14.1. The van der Waals surface area contributed by atoms with Crippen LogP contribution in [0.25, 0.3) is 0 Å². The van der Waals surface area contributed by atoms with E-state index >= 15 is 0 Å². The average Bonchev–Trinajstić information content (AvgIpc) is 2.19. The van der Waals surface area contributed by atoms with Crippen LogP contribution in [0.3, 0.4) is 0 Å². The molecule has 15 heavy (non-hydrogen) atoms. The zero-order valence-electron chi connectivity index (χ0n) is 8.13. The first kappa shape index (κ1) is 12.1. The molecule has 0 bridgehead atoms. The van der Waals surface area contributed by atoms with Gasteiger partial charge < -0.3 is 0 Å². The van der Waals surface area contributed by atoms with E-state index in [1.807, 2.05) is 28.7 Å². The van der Waals surface area contributed by atoms with Gasteiger partial charge in [-0.3, -0.25) is 4.79 Å². The van der Waals surface area contributed by atoms with Gasteiger partial charge in [0.2, 0.25) is 0 Å². The minimum Gasteiger partial charge on any atom is -0.293 e. The van der Waals surface area contributed by atoms with E-state index in [2.05, 4.69) is 0 Å². The second kappa shape index (κ2) is 5.21. The average molecular weight is 317 g/mol. The van der Waals surface area contributed by atoms with E-state index in [4.69, 9.17) is 5.26 Å². The van der Waals surface area contributed by atoms with Crippen molar-refractivity contribution in [1.82, 2.24) is 0 Å². The van der Waals surface area contributed by atoms with Crippen LogP contribution in [0.5, 0.6) is 0 Å². The molecule has 78 valence electrons. The normalized spacial score (nSPS) is 11.9. The third-order valence-electron chi connectivity index (χ3n) is 2.08. The third-order valence-corrected chi connectivity index (χ3v) is 2.97. The maximum atomic E-state index is 12.8. The van der Waals surface area contributed by atoms with Gasteiger partial charge in [0.25, 0.3) is 0 Å². The van der Waals surface area contributed by atoms with E-state index in [-0.39, 0.29) is 11.6 Å². The third kappa shape index (κ3) is 2.75. The predicted molar refractivity (Wildman–Crippen MR) is 62.8 cm³/mol. The second-order valence-corrected chi connectivity index (χ2v) is 4.24. The number of hydrogen-bond acceptors (Lipinski definition) is 2. The molecule has 0 aliphatic carbocycles. The van der Waals surface area contributed by atoms with Crippen molar-refractivity contribution in [3.8, 4) is 6.07 Å². The first-order chi connectivity index (χ1) is 7.10. The highest BCUT2D eigenvalue weighted by Crippen LogP contribution is 2.19. The molecule has 0 saturated carbocycles. The summed E-state index contributed by atoms with van der Waals surface area (Å²) in [6.07, 6.45) is 0.475. The lowest BCUT2D eigenvalue weighted by molar-refractivity contribution is 0.0945. The molecule has 1 unspecified atom stereocenters. The second-order valence-electron chi connectivity index (χ2n) is 3.08.